The molecule has 1 aromatic carbocycles. The van der Waals surface area contributed by atoms with Crippen LogP contribution >= 0.6 is 11.6 Å². The third-order valence-corrected chi connectivity index (χ3v) is 3.58. The number of nitrogens with zero attached hydrogens (tertiary/aromatic N) is 2. The Hall–Kier alpha value is -2.20. The predicted octanol–water partition coefficient (Wildman–Crippen LogP) is 2.84. The molecule has 0 unspecified atom stereocenters. The zero-order valence-electron chi connectivity index (χ0n) is 10.1. The minimum atomic E-state index is -0.363. The van der Waals surface area contributed by atoms with Crippen LogP contribution < -0.4 is 4.90 Å². The number of benzene rings is 1. The highest BCUT2D eigenvalue weighted by molar-refractivity contribution is 6.36. The molecule has 5 heteroatoms. The van der Waals surface area contributed by atoms with Gasteiger partial charge in [-0.05, 0) is 30.7 Å². The van der Waals surface area contributed by atoms with E-state index in [1.54, 1.807) is 31.2 Å². The summed E-state index contributed by atoms with van der Waals surface area (Å²) in [6, 6.07) is 6.69. The lowest BCUT2D eigenvalue weighted by molar-refractivity contribution is 0.0926. The van der Waals surface area contributed by atoms with Crippen LogP contribution in [-0.2, 0) is 0 Å². The maximum Gasteiger partial charge on any atom is 0.267 e. The number of rotatable bonds is 1. The number of carbonyl (C=O) groups excluding carboxylic acids is 2. The highest BCUT2D eigenvalue weighted by Gasteiger charge is 2.37. The number of anilines is 1. The van der Waals surface area contributed by atoms with Gasteiger partial charge in [0.1, 0.15) is 0 Å². The number of fused-ring (bicyclic) bond motifs is 1. The van der Waals surface area contributed by atoms with E-state index in [4.69, 9.17) is 11.6 Å². The van der Waals surface area contributed by atoms with Gasteiger partial charge in [0.15, 0.2) is 0 Å². The van der Waals surface area contributed by atoms with Crippen LogP contribution in [0.25, 0.3) is 0 Å². The smallest absolute Gasteiger partial charge is 0.267 e. The van der Waals surface area contributed by atoms with E-state index in [-0.39, 0.29) is 11.8 Å². The summed E-state index contributed by atoms with van der Waals surface area (Å²) in [5.41, 5.74) is 1.91. The van der Waals surface area contributed by atoms with Crippen LogP contribution in [0.3, 0.4) is 0 Å². The quantitative estimate of drug-likeness (QED) is 0.750. The third kappa shape index (κ3) is 1.64. The van der Waals surface area contributed by atoms with Crippen molar-refractivity contribution >= 4 is 29.1 Å². The second-order valence-electron chi connectivity index (χ2n) is 4.25. The van der Waals surface area contributed by atoms with Gasteiger partial charge in [-0.3, -0.25) is 14.6 Å². The molecule has 1 aliphatic rings. The first-order chi connectivity index (χ1) is 9.11. The number of imide groups is 1. The minimum Gasteiger partial charge on any atom is -0.268 e. The van der Waals surface area contributed by atoms with Gasteiger partial charge in [-0.15, -0.1) is 0 Å². The number of hydrogen-bond acceptors (Lipinski definition) is 3. The van der Waals surface area contributed by atoms with E-state index >= 15 is 0 Å². The molecule has 1 aliphatic heterocycles. The fourth-order valence-electron chi connectivity index (χ4n) is 2.14. The Morgan fingerprint density at radius 3 is 2.58 bits per heavy atom. The SMILES string of the molecule is Cc1c(Cl)cccc1N1C(=O)c2ccncc2C1=O. The maximum atomic E-state index is 12.3. The van der Waals surface area contributed by atoms with E-state index in [1.165, 1.54) is 12.4 Å². The highest BCUT2D eigenvalue weighted by atomic mass is 35.5. The van der Waals surface area contributed by atoms with E-state index in [2.05, 4.69) is 4.98 Å². The average molecular weight is 273 g/mol. The molecule has 0 aliphatic carbocycles. The van der Waals surface area contributed by atoms with E-state index in [0.717, 1.165) is 4.90 Å². The van der Waals surface area contributed by atoms with Gasteiger partial charge >= 0.3 is 0 Å². The summed E-state index contributed by atoms with van der Waals surface area (Å²) in [6.07, 6.45) is 2.91. The third-order valence-electron chi connectivity index (χ3n) is 3.17. The highest BCUT2D eigenvalue weighted by Crippen LogP contribution is 2.32. The zero-order valence-corrected chi connectivity index (χ0v) is 10.8. The molecule has 2 amide bonds. The molecule has 94 valence electrons. The van der Waals surface area contributed by atoms with Crippen LogP contribution in [0.2, 0.25) is 5.02 Å². The van der Waals surface area contributed by atoms with Crippen molar-refractivity contribution < 1.29 is 9.59 Å². The van der Waals surface area contributed by atoms with Gasteiger partial charge in [0.05, 0.1) is 16.8 Å². The van der Waals surface area contributed by atoms with Crippen molar-refractivity contribution in [3.05, 3.63) is 58.4 Å². The van der Waals surface area contributed by atoms with Gasteiger partial charge in [-0.25, -0.2) is 4.90 Å². The van der Waals surface area contributed by atoms with Crippen molar-refractivity contribution in [2.24, 2.45) is 0 Å². The fourth-order valence-corrected chi connectivity index (χ4v) is 2.31. The summed E-state index contributed by atoms with van der Waals surface area (Å²) in [6.45, 7) is 1.78. The number of halogens is 1. The van der Waals surface area contributed by atoms with Crippen molar-refractivity contribution in [1.82, 2.24) is 4.98 Å². The maximum absolute atomic E-state index is 12.3. The van der Waals surface area contributed by atoms with E-state index in [0.29, 0.717) is 27.4 Å². The Morgan fingerprint density at radius 1 is 1.11 bits per heavy atom. The van der Waals surface area contributed by atoms with Gasteiger partial charge in [0, 0.05) is 17.4 Å². The molecule has 0 radical (unpaired) electrons. The topological polar surface area (TPSA) is 50.3 Å². The van der Waals surface area contributed by atoms with Crippen LogP contribution in [0.4, 0.5) is 5.69 Å². The summed E-state index contributed by atoms with van der Waals surface area (Å²) in [5.74, 6) is -0.703. The fraction of sp³-hybridized carbons (Fsp3) is 0.0714. The Labute approximate surface area is 114 Å². The number of amides is 2. The Kier molecular flexibility index (Phi) is 2.61. The first kappa shape index (κ1) is 11.9. The summed E-state index contributed by atoms with van der Waals surface area (Å²) in [7, 11) is 0. The van der Waals surface area contributed by atoms with Gasteiger partial charge in [-0.1, -0.05) is 17.7 Å². The molecule has 4 nitrogen and oxygen atoms in total. The van der Waals surface area contributed by atoms with E-state index in [9.17, 15) is 9.59 Å². The molecule has 3 rings (SSSR count). The molecule has 0 N–H and O–H groups in total. The largest absolute Gasteiger partial charge is 0.268 e. The van der Waals surface area contributed by atoms with Crippen molar-refractivity contribution in [2.75, 3.05) is 4.90 Å². The predicted molar refractivity (Wildman–Crippen MR) is 71.6 cm³/mol. The molecule has 0 fully saturated rings. The van der Waals surface area contributed by atoms with Crippen molar-refractivity contribution in [2.45, 2.75) is 6.92 Å². The lowest BCUT2D eigenvalue weighted by atomic mass is 10.2. The zero-order chi connectivity index (χ0) is 13.6. The van der Waals surface area contributed by atoms with Crippen LogP contribution in [0.15, 0.2) is 36.7 Å². The summed E-state index contributed by atoms with van der Waals surface area (Å²) < 4.78 is 0. The molecule has 0 atom stereocenters. The molecular formula is C14H9ClN2O2. The summed E-state index contributed by atoms with van der Waals surface area (Å²) >= 11 is 6.04. The molecule has 19 heavy (non-hydrogen) atoms. The molecule has 0 spiro atoms. The number of hydrogen-bond donors (Lipinski definition) is 0. The van der Waals surface area contributed by atoms with Crippen molar-refractivity contribution in [1.29, 1.82) is 0 Å². The minimum absolute atomic E-state index is 0.326. The lowest BCUT2D eigenvalue weighted by Gasteiger charge is -2.17. The Morgan fingerprint density at radius 2 is 1.84 bits per heavy atom. The number of aromatic nitrogens is 1. The van der Waals surface area contributed by atoms with Crippen LogP contribution in [-0.4, -0.2) is 16.8 Å². The van der Waals surface area contributed by atoms with Crippen molar-refractivity contribution in [3.63, 3.8) is 0 Å². The molecular weight excluding hydrogens is 264 g/mol. The van der Waals surface area contributed by atoms with E-state index < -0.39 is 0 Å². The van der Waals surface area contributed by atoms with E-state index in [1.807, 2.05) is 0 Å². The van der Waals surface area contributed by atoms with Crippen LogP contribution in [0.1, 0.15) is 26.3 Å². The van der Waals surface area contributed by atoms with Gasteiger partial charge in [-0.2, -0.15) is 0 Å². The molecule has 2 heterocycles. The normalized spacial score (nSPS) is 13.9. The Balaban J connectivity index is 2.17. The molecule has 2 aromatic rings. The van der Waals surface area contributed by atoms with Gasteiger partial charge in [0.2, 0.25) is 0 Å². The van der Waals surface area contributed by atoms with Gasteiger partial charge < -0.3 is 0 Å². The summed E-state index contributed by atoms with van der Waals surface area (Å²) in [4.78, 5) is 29.6. The summed E-state index contributed by atoms with van der Waals surface area (Å²) in [5, 5.41) is 0.521. The Bertz CT molecular complexity index is 677. The number of pyridine rings is 1. The average Bonchev–Trinajstić information content (AvgIpc) is 2.67. The second kappa shape index (κ2) is 4.17. The van der Waals surface area contributed by atoms with Crippen molar-refractivity contribution in [3.8, 4) is 0 Å². The van der Waals surface area contributed by atoms with Gasteiger partial charge in [0.25, 0.3) is 11.8 Å². The number of carbonyl (C=O) groups is 2. The lowest BCUT2D eigenvalue weighted by Crippen LogP contribution is -2.30. The first-order valence-corrected chi connectivity index (χ1v) is 6.07. The van der Waals surface area contributed by atoms with Crippen LogP contribution in [0.5, 0.6) is 0 Å². The van der Waals surface area contributed by atoms with Crippen LogP contribution in [0, 0.1) is 6.92 Å². The molecule has 0 saturated carbocycles. The molecule has 1 aromatic heterocycles. The molecule has 0 saturated heterocycles. The molecule has 0 bridgehead atoms. The monoisotopic (exact) mass is 272 g/mol. The standard InChI is InChI=1S/C14H9ClN2O2/c1-8-11(15)3-2-4-12(8)17-13(18)9-5-6-16-7-10(9)14(17)19/h2-7H,1H3. The second-order valence-corrected chi connectivity index (χ2v) is 4.66. The first-order valence-electron chi connectivity index (χ1n) is 5.69.